The summed E-state index contributed by atoms with van der Waals surface area (Å²) in [4.78, 5) is 14.7. The van der Waals surface area contributed by atoms with Crippen molar-refractivity contribution < 1.29 is 24.5 Å². The van der Waals surface area contributed by atoms with Crippen LogP contribution < -0.4 is 14.8 Å². The molecule has 3 N–H and O–H groups in total. The number of nitrogens with zero attached hydrogens (tertiary/aromatic N) is 1. The van der Waals surface area contributed by atoms with Gasteiger partial charge in [0.2, 0.25) is 0 Å². The van der Waals surface area contributed by atoms with E-state index in [4.69, 9.17) is 9.47 Å². The second-order valence-corrected chi connectivity index (χ2v) is 11.3. The molecule has 1 aromatic carbocycles. The van der Waals surface area contributed by atoms with Crippen LogP contribution in [0.3, 0.4) is 0 Å². The maximum Gasteiger partial charge on any atom is 0.320 e. The van der Waals surface area contributed by atoms with Crippen molar-refractivity contribution in [1.29, 1.82) is 0 Å². The van der Waals surface area contributed by atoms with Crippen LogP contribution in [-0.4, -0.2) is 65.5 Å². The number of rotatable bonds is 7. The van der Waals surface area contributed by atoms with Gasteiger partial charge in [0.05, 0.1) is 7.11 Å². The quantitative estimate of drug-likeness (QED) is 0.581. The van der Waals surface area contributed by atoms with Crippen LogP contribution in [0.4, 0.5) is 0 Å². The van der Waals surface area contributed by atoms with Gasteiger partial charge >= 0.3 is 5.97 Å². The Hall–Kier alpha value is -1.99. The lowest BCUT2D eigenvalue weighted by Crippen LogP contribution is -2.69. The van der Waals surface area contributed by atoms with Gasteiger partial charge in [0, 0.05) is 41.2 Å². The molecule has 6 rings (SSSR count). The first kappa shape index (κ1) is 21.5. The number of carboxylic acids is 1. The first-order valence-electron chi connectivity index (χ1n) is 12.7. The van der Waals surface area contributed by atoms with Crippen LogP contribution >= 0.6 is 0 Å². The van der Waals surface area contributed by atoms with Gasteiger partial charge in [-0.05, 0) is 62.8 Å². The normalized spacial score (nSPS) is 35.2. The molecule has 2 heterocycles. The number of likely N-dealkylation sites (tertiary alicyclic amines) is 1. The van der Waals surface area contributed by atoms with Gasteiger partial charge in [0.1, 0.15) is 17.9 Å². The fraction of sp³-hybridized carbons (Fsp3) is 0.731. The molecule has 0 radical (unpaired) electrons. The van der Waals surface area contributed by atoms with E-state index in [1.165, 1.54) is 24.9 Å². The zero-order chi connectivity index (χ0) is 23.1. The Morgan fingerprint density at radius 1 is 1.33 bits per heavy atom. The number of piperidine rings is 1. The van der Waals surface area contributed by atoms with Crippen LogP contribution in [0, 0.1) is 17.8 Å². The summed E-state index contributed by atoms with van der Waals surface area (Å²) in [5, 5.41) is 24.2. The Kier molecular flexibility index (Phi) is 4.90. The van der Waals surface area contributed by atoms with E-state index in [9.17, 15) is 15.0 Å². The Morgan fingerprint density at radius 2 is 2.12 bits per heavy atom. The minimum Gasteiger partial charge on any atom is -0.504 e. The molecule has 2 bridgehead atoms. The summed E-state index contributed by atoms with van der Waals surface area (Å²) in [5.41, 5.74) is 2.14. The van der Waals surface area contributed by atoms with E-state index >= 15 is 0 Å². The third-order valence-corrected chi connectivity index (χ3v) is 9.26. The topological polar surface area (TPSA) is 91.3 Å². The summed E-state index contributed by atoms with van der Waals surface area (Å²) in [6.07, 6.45) is 6.38. The number of ether oxygens (including phenoxy) is 2. The number of phenolic OH excluding ortho intramolecular Hbond substituents is 1. The monoisotopic (exact) mass is 456 g/mol. The van der Waals surface area contributed by atoms with Gasteiger partial charge < -0.3 is 19.7 Å². The highest BCUT2D eigenvalue weighted by Gasteiger charge is 2.66. The van der Waals surface area contributed by atoms with Crippen molar-refractivity contribution in [3.05, 3.63) is 17.2 Å². The molecular weight excluding hydrogens is 420 g/mol. The van der Waals surface area contributed by atoms with Crippen LogP contribution in [-0.2, 0) is 16.6 Å². The smallest absolute Gasteiger partial charge is 0.320 e. The molecule has 7 nitrogen and oxygen atoms in total. The number of methoxy groups -OCH3 is 1. The number of aliphatic carboxylic acids is 1. The molecule has 5 aliphatic rings. The summed E-state index contributed by atoms with van der Waals surface area (Å²) < 4.78 is 12.4. The van der Waals surface area contributed by atoms with Gasteiger partial charge in [-0.1, -0.05) is 13.8 Å². The highest BCUT2D eigenvalue weighted by Crippen LogP contribution is 2.65. The van der Waals surface area contributed by atoms with Gasteiger partial charge in [0.25, 0.3) is 0 Å². The molecular formula is C26H36N2O5. The van der Waals surface area contributed by atoms with Crippen molar-refractivity contribution >= 4 is 5.97 Å². The van der Waals surface area contributed by atoms with Crippen LogP contribution in [0.15, 0.2) is 6.07 Å². The highest BCUT2D eigenvalue weighted by molar-refractivity contribution is 5.74. The summed E-state index contributed by atoms with van der Waals surface area (Å²) in [5.74, 6) is 1.97. The van der Waals surface area contributed by atoms with Crippen LogP contribution in [0.2, 0.25) is 0 Å². The number of benzene rings is 1. The summed E-state index contributed by atoms with van der Waals surface area (Å²) >= 11 is 0. The summed E-state index contributed by atoms with van der Waals surface area (Å²) in [6, 6.07) is 1.47. The number of hydrogen-bond acceptors (Lipinski definition) is 6. The van der Waals surface area contributed by atoms with Crippen molar-refractivity contribution in [3.8, 4) is 17.2 Å². The fourth-order valence-electron chi connectivity index (χ4n) is 7.67. The van der Waals surface area contributed by atoms with Gasteiger partial charge in [-0.2, -0.15) is 0 Å². The third kappa shape index (κ3) is 3.04. The second-order valence-electron chi connectivity index (χ2n) is 11.3. The maximum absolute atomic E-state index is 12.0. The Balaban J connectivity index is 1.44. The molecule has 2 saturated carbocycles. The minimum atomic E-state index is -0.814. The van der Waals surface area contributed by atoms with Crippen molar-refractivity contribution in [2.24, 2.45) is 17.8 Å². The predicted molar refractivity (Wildman–Crippen MR) is 123 cm³/mol. The van der Waals surface area contributed by atoms with E-state index in [1.54, 1.807) is 13.2 Å². The van der Waals surface area contributed by atoms with Gasteiger partial charge in [-0.15, -0.1) is 0 Å². The van der Waals surface area contributed by atoms with E-state index < -0.39 is 12.0 Å². The largest absolute Gasteiger partial charge is 0.504 e. The van der Waals surface area contributed by atoms with Gasteiger partial charge in [-0.3, -0.25) is 15.0 Å². The molecule has 1 saturated heterocycles. The molecule has 0 amide bonds. The molecule has 2 aliphatic heterocycles. The Morgan fingerprint density at radius 3 is 2.79 bits per heavy atom. The molecule has 3 fully saturated rings. The van der Waals surface area contributed by atoms with E-state index in [2.05, 4.69) is 10.2 Å². The van der Waals surface area contributed by atoms with Crippen molar-refractivity contribution in [2.45, 2.75) is 82.0 Å². The minimum absolute atomic E-state index is 0.0231. The van der Waals surface area contributed by atoms with E-state index in [1.807, 2.05) is 13.8 Å². The first-order chi connectivity index (χ1) is 15.8. The first-order valence-corrected chi connectivity index (χ1v) is 12.7. The molecule has 1 spiro atoms. The number of hydrogen-bond donors (Lipinski definition) is 3. The van der Waals surface area contributed by atoms with E-state index in [0.717, 1.165) is 49.5 Å². The van der Waals surface area contributed by atoms with Gasteiger partial charge in [-0.25, -0.2) is 0 Å². The average molecular weight is 457 g/mol. The third-order valence-electron chi connectivity index (χ3n) is 9.26. The molecule has 33 heavy (non-hydrogen) atoms. The van der Waals surface area contributed by atoms with Crippen molar-refractivity contribution in [2.75, 3.05) is 20.2 Å². The SMILES string of the molecule is COc1cc(O)c2c3c1C[C@@H]1[C@@H]4CC[C@H](N[C@@H](C(=O)O)C(C)C)[C@H](O2)[C@]34CCN1CC1CC1. The van der Waals surface area contributed by atoms with Crippen LogP contribution in [0.1, 0.15) is 57.1 Å². The van der Waals surface area contributed by atoms with Crippen molar-refractivity contribution in [1.82, 2.24) is 10.2 Å². The van der Waals surface area contributed by atoms with E-state index in [0.29, 0.717) is 17.7 Å². The molecule has 0 aromatic heterocycles. The summed E-state index contributed by atoms with van der Waals surface area (Å²) in [6.45, 7) is 6.11. The van der Waals surface area contributed by atoms with Gasteiger partial charge in [0.15, 0.2) is 11.5 Å². The number of carbonyl (C=O) groups is 1. The fourth-order valence-corrected chi connectivity index (χ4v) is 7.67. The molecule has 7 heteroatoms. The molecule has 3 aliphatic carbocycles. The zero-order valence-electron chi connectivity index (χ0n) is 19.8. The molecule has 1 aromatic rings. The number of carboxylic acid groups (broad SMARTS) is 1. The lowest BCUT2D eigenvalue weighted by molar-refractivity contribution is -0.141. The second kappa shape index (κ2) is 7.51. The molecule has 180 valence electrons. The van der Waals surface area contributed by atoms with Crippen LogP contribution in [0.5, 0.6) is 17.2 Å². The maximum atomic E-state index is 12.0. The molecule has 0 unspecified atom stereocenters. The predicted octanol–water partition coefficient (Wildman–Crippen LogP) is 2.92. The van der Waals surface area contributed by atoms with Crippen molar-refractivity contribution in [3.63, 3.8) is 0 Å². The zero-order valence-corrected chi connectivity index (χ0v) is 19.8. The van der Waals surface area contributed by atoms with E-state index in [-0.39, 0.29) is 29.2 Å². The lowest BCUT2D eigenvalue weighted by Gasteiger charge is -2.60. The molecule has 6 atom stereocenters. The summed E-state index contributed by atoms with van der Waals surface area (Å²) in [7, 11) is 1.68. The standard InChI is InChI=1S/C26H36N2O5/c1-13(2)22(25(30)31)27-17-7-6-16-18-10-15-20(32-3)11-19(29)23-21(15)26(16,24(17)33-23)8-9-28(18)12-14-4-5-14/h11,13-14,16-18,22,24,27,29H,4-10,12H2,1-3H3,(H,30,31)/t16-,17-,18+,22+,24-,26-/m0/s1. The average Bonchev–Trinajstić information content (AvgIpc) is 3.52. The number of phenols is 1. The van der Waals surface area contributed by atoms with Crippen LogP contribution in [0.25, 0.3) is 0 Å². The Labute approximate surface area is 195 Å². The lowest BCUT2D eigenvalue weighted by atomic mass is 9.51. The Bertz CT molecular complexity index is 976. The highest BCUT2D eigenvalue weighted by atomic mass is 16.5. The number of nitrogens with one attached hydrogen (secondary N) is 1. The number of aromatic hydroxyl groups is 1.